The van der Waals surface area contributed by atoms with Gasteiger partial charge in [0.1, 0.15) is 5.82 Å². The van der Waals surface area contributed by atoms with Crippen molar-refractivity contribution in [2.45, 2.75) is 57.5 Å². The van der Waals surface area contributed by atoms with Crippen LogP contribution in [0.2, 0.25) is 0 Å². The van der Waals surface area contributed by atoms with Crippen LogP contribution in [0.1, 0.15) is 54.4 Å². The fraction of sp³-hybridized carbons (Fsp3) is 0.500. The average Bonchev–Trinajstić information content (AvgIpc) is 3.18. The van der Waals surface area contributed by atoms with Crippen LogP contribution in [-0.4, -0.2) is 20.7 Å². The Morgan fingerprint density at radius 1 is 1.22 bits per heavy atom. The van der Waals surface area contributed by atoms with Crippen LogP contribution >= 0.6 is 0 Å². The predicted octanol–water partition coefficient (Wildman–Crippen LogP) is 2.35. The van der Waals surface area contributed by atoms with Crippen LogP contribution in [-0.2, 0) is 30.7 Å². The van der Waals surface area contributed by atoms with Crippen molar-refractivity contribution in [3.63, 3.8) is 0 Å². The van der Waals surface area contributed by atoms with Crippen LogP contribution in [0.25, 0.3) is 0 Å². The van der Waals surface area contributed by atoms with Gasteiger partial charge in [-0.25, -0.2) is 0 Å². The summed E-state index contributed by atoms with van der Waals surface area (Å²) in [6.45, 7) is 1.46. The van der Waals surface area contributed by atoms with Crippen molar-refractivity contribution in [1.82, 2.24) is 20.1 Å². The van der Waals surface area contributed by atoms with Crippen LogP contribution < -0.4 is 5.32 Å². The second-order valence-corrected chi connectivity index (χ2v) is 6.56. The predicted molar refractivity (Wildman–Crippen MR) is 86.9 cm³/mol. The maximum Gasteiger partial charge on any atom is 0.220 e. The second kappa shape index (κ2) is 6.14. The van der Waals surface area contributed by atoms with Gasteiger partial charge < -0.3 is 9.88 Å². The molecule has 0 saturated carbocycles. The van der Waals surface area contributed by atoms with Gasteiger partial charge in [0.15, 0.2) is 5.82 Å². The van der Waals surface area contributed by atoms with Crippen LogP contribution in [0, 0.1) is 0 Å². The number of aryl methyl sites for hydroxylation is 2. The van der Waals surface area contributed by atoms with E-state index in [1.54, 1.807) is 0 Å². The molecule has 0 bridgehead atoms. The molecule has 5 heteroatoms. The SMILES string of the molecule is O=C(CC1CCc2ccccc21)NCc1nnc2n1CCCC2. The van der Waals surface area contributed by atoms with E-state index < -0.39 is 0 Å². The van der Waals surface area contributed by atoms with Crippen molar-refractivity contribution in [2.24, 2.45) is 0 Å². The molecule has 2 heterocycles. The van der Waals surface area contributed by atoms with E-state index in [2.05, 4.69) is 44.3 Å². The summed E-state index contributed by atoms with van der Waals surface area (Å²) in [5, 5.41) is 11.5. The highest BCUT2D eigenvalue weighted by molar-refractivity contribution is 5.77. The minimum absolute atomic E-state index is 0.111. The number of fused-ring (bicyclic) bond motifs is 2. The van der Waals surface area contributed by atoms with Crippen molar-refractivity contribution in [1.29, 1.82) is 0 Å². The molecule has 1 aromatic heterocycles. The molecule has 0 fully saturated rings. The number of carbonyl (C=O) groups is 1. The van der Waals surface area contributed by atoms with E-state index in [1.165, 1.54) is 24.0 Å². The molecule has 2 aliphatic rings. The monoisotopic (exact) mass is 310 g/mol. The number of hydrogen-bond donors (Lipinski definition) is 1. The summed E-state index contributed by atoms with van der Waals surface area (Å²) in [5.41, 5.74) is 2.75. The van der Waals surface area contributed by atoms with Crippen molar-refractivity contribution in [3.05, 3.63) is 47.0 Å². The number of hydrogen-bond acceptors (Lipinski definition) is 3. The normalized spacial score (nSPS) is 19.2. The van der Waals surface area contributed by atoms with Gasteiger partial charge in [0.2, 0.25) is 5.91 Å². The molecule has 0 saturated heterocycles. The summed E-state index contributed by atoms with van der Waals surface area (Å²) in [7, 11) is 0. The lowest BCUT2D eigenvalue weighted by atomic mass is 9.97. The Bertz CT molecular complexity index is 722. The Morgan fingerprint density at radius 3 is 3.09 bits per heavy atom. The van der Waals surface area contributed by atoms with Gasteiger partial charge in [-0.1, -0.05) is 24.3 Å². The zero-order valence-electron chi connectivity index (χ0n) is 13.3. The lowest BCUT2D eigenvalue weighted by molar-refractivity contribution is -0.121. The molecule has 23 heavy (non-hydrogen) atoms. The smallest absolute Gasteiger partial charge is 0.220 e. The van der Waals surface area contributed by atoms with Crippen LogP contribution in [0.5, 0.6) is 0 Å². The van der Waals surface area contributed by atoms with E-state index in [0.29, 0.717) is 18.9 Å². The van der Waals surface area contributed by atoms with Gasteiger partial charge in [0.05, 0.1) is 6.54 Å². The summed E-state index contributed by atoms with van der Waals surface area (Å²) < 4.78 is 2.16. The fourth-order valence-corrected chi connectivity index (χ4v) is 3.83. The van der Waals surface area contributed by atoms with E-state index in [0.717, 1.165) is 37.5 Å². The number of aromatic nitrogens is 3. The van der Waals surface area contributed by atoms with E-state index >= 15 is 0 Å². The molecule has 120 valence electrons. The first kappa shape index (κ1) is 14.4. The van der Waals surface area contributed by atoms with Gasteiger partial charge in [-0.3, -0.25) is 4.79 Å². The molecule has 0 spiro atoms. The molecule has 1 aliphatic heterocycles. The Balaban J connectivity index is 1.35. The summed E-state index contributed by atoms with van der Waals surface area (Å²) in [6.07, 6.45) is 6.09. The van der Waals surface area contributed by atoms with Crippen molar-refractivity contribution < 1.29 is 4.79 Å². The van der Waals surface area contributed by atoms with Crippen LogP contribution in [0.4, 0.5) is 0 Å². The Kier molecular flexibility index (Phi) is 3.85. The first-order valence-electron chi connectivity index (χ1n) is 8.57. The minimum Gasteiger partial charge on any atom is -0.349 e. The molecule has 1 aromatic carbocycles. The van der Waals surface area contributed by atoms with Crippen molar-refractivity contribution in [3.8, 4) is 0 Å². The molecular formula is C18H22N4O. The Hall–Kier alpha value is -2.17. The lowest BCUT2D eigenvalue weighted by Crippen LogP contribution is -2.26. The standard InChI is InChI=1S/C18H22N4O/c23-18(11-14-9-8-13-5-1-2-6-15(13)14)19-12-17-21-20-16-7-3-4-10-22(16)17/h1-2,5-6,14H,3-4,7-12H2,(H,19,23). The molecule has 0 radical (unpaired) electrons. The molecule has 5 nitrogen and oxygen atoms in total. The number of nitrogens with zero attached hydrogens (tertiary/aromatic N) is 3. The van der Waals surface area contributed by atoms with Gasteiger partial charge in [-0.15, -0.1) is 10.2 Å². The Labute approximate surface area is 136 Å². The topological polar surface area (TPSA) is 59.8 Å². The van der Waals surface area contributed by atoms with E-state index in [9.17, 15) is 4.79 Å². The van der Waals surface area contributed by atoms with Gasteiger partial charge in [0, 0.05) is 19.4 Å². The van der Waals surface area contributed by atoms with Crippen molar-refractivity contribution >= 4 is 5.91 Å². The minimum atomic E-state index is 0.111. The summed E-state index contributed by atoms with van der Waals surface area (Å²) in [6, 6.07) is 8.48. The molecule has 1 amide bonds. The van der Waals surface area contributed by atoms with E-state index in [4.69, 9.17) is 0 Å². The number of nitrogens with one attached hydrogen (secondary N) is 1. The third kappa shape index (κ3) is 2.87. The summed E-state index contributed by atoms with van der Waals surface area (Å²) >= 11 is 0. The first-order chi connectivity index (χ1) is 11.3. The molecule has 1 N–H and O–H groups in total. The Morgan fingerprint density at radius 2 is 2.13 bits per heavy atom. The lowest BCUT2D eigenvalue weighted by Gasteiger charge is -2.15. The zero-order chi connectivity index (χ0) is 15.6. The van der Waals surface area contributed by atoms with Crippen LogP contribution in [0.3, 0.4) is 0 Å². The number of rotatable bonds is 4. The van der Waals surface area contributed by atoms with Gasteiger partial charge in [0.25, 0.3) is 0 Å². The highest BCUT2D eigenvalue weighted by Gasteiger charge is 2.24. The number of amides is 1. The second-order valence-electron chi connectivity index (χ2n) is 6.56. The third-order valence-electron chi connectivity index (χ3n) is 5.07. The quantitative estimate of drug-likeness (QED) is 0.943. The average molecular weight is 310 g/mol. The maximum atomic E-state index is 12.3. The highest BCUT2D eigenvalue weighted by atomic mass is 16.1. The zero-order valence-corrected chi connectivity index (χ0v) is 13.3. The van der Waals surface area contributed by atoms with Crippen LogP contribution in [0.15, 0.2) is 24.3 Å². The summed E-state index contributed by atoms with van der Waals surface area (Å²) in [4.78, 5) is 12.3. The first-order valence-corrected chi connectivity index (χ1v) is 8.57. The van der Waals surface area contributed by atoms with E-state index in [-0.39, 0.29) is 5.91 Å². The fourth-order valence-electron chi connectivity index (χ4n) is 3.83. The van der Waals surface area contributed by atoms with E-state index in [1.807, 2.05) is 0 Å². The molecule has 4 rings (SSSR count). The third-order valence-corrected chi connectivity index (χ3v) is 5.07. The van der Waals surface area contributed by atoms with Gasteiger partial charge in [-0.05, 0) is 42.7 Å². The van der Waals surface area contributed by atoms with Gasteiger partial charge >= 0.3 is 0 Å². The number of benzene rings is 1. The summed E-state index contributed by atoms with van der Waals surface area (Å²) in [5.74, 6) is 2.42. The largest absolute Gasteiger partial charge is 0.349 e. The molecule has 2 aromatic rings. The maximum absolute atomic E-state index is 12.3. The van der Waals surface area contributed by atoms with Gasteiger partial charge in [-0.2, -0.15) is 0 Å². The molecular weight excluding hydrogens is 288 g/mol. The molecule has 1 unspecified atom stereocenters. The van der Waals surface area contributed by atoms with Crippen molar-refractivity contribution in [2.75, 3.05) is 0 Å². The molecule has 1 atom stereocenters. The highest BCUT2D eigenvalue weighted by Crippen LogP contribution is 2.35. The molecule has 1 aliphatic carbocycles. The number of carbonyl (C=O) groups excluding carboxylic acids is 1.